The molecule has 0 aliphatic heterocycles. The first-order chi connectivity index (χ1) is 10.9. The fraction of sp³-hybridized carbons (Fsp3) is 0.267. The van der Waals surface area contributed by atoms with Gasteiger partial charge in [0.05, 0.1) is 0 Å². The molecular weight excluding hydrogens is 338 g/mol. The lowest BCUT2D eigenvalue weighted by Gasteiger charge is -2.11. The monoisotopic (exact) mass is 353 g/mol. The van der Waals surface area contributed by atoms with E-state index < -0.39 is 11.2 Å². The smallest absolute Gasteiger partial charge is 0.333 e. The first-order valence-corrected chi connectivity index (χ1v) is 8.06. The number of benzene rings is 1. The third-order valence-electron chi connectivity index (χ3n) is 3.34. The molecule has 0 bridgehead atoms. The molecule has 1 heterocycles. The molecule has 23 heavy (non-hydrogen) atoms. The predicted octanol–water partition coefficient (Wildman–Crippen LogP) is 1.75. The molecule has 6 nitrogen and oxygen atoms in total. The minimum absolute atomic E-state index is 0.0241. The average Bonchev–Trinajstić information content (AvgIpc) is 2.55. The van der Waals surface area contributed by atoms with E-state index in [1.807, 2.05) is 12.1 Å². The van der Waals surface area contributed by atoms with Crippen LogP contribution in [0.15, 0.2) is 38.8 Å². The first-order valence-electron chi connectivity index (χ1n) is 6.70. The molecule has 0 saturated carbocycles. The average molecular weight is 354 g/mol. The Balaban J connectivity index is 2.38. The Kier molecular flexibility index (Phi) is 5.33. The Morgan fingerprint density at radius 2 is 1.83 bits per heavy atom. The third kappa shape index (κ3) is 3.51. The van der Waals surface area contributed by atoms with E-state index in [9.17, 15) is 14.7 Å². The minimum atomic E-state index is -0.589. The second kappa shape index (κ2) is 7.06. The van der Waals surface area contributed by atoms with Gasteiger partial charge in [-0.25, -0.2) is 4.79 Å². The quantitative estimate of drug-likeness (QED) is 0.673. The van der Waals surface area contributed by atoms with Crippen molar-refractivity contribution < 1.29 is 5.11 Å². The number of aliphatic imine (C=N–C) groups is 1. The van der Waals surface area contributed by atoms with Gasteiger partial charge >= 0.3 is 5.69 Å². The molecule has 1 aromatic heterocycles. The van der Waals surface area contributed by atoms with Gasteiger partial charge in [-0.1, -0.05) is 23.7 Å². The number of aromatic nitrogens is 2. The van der Waals surface area contributed by atoms with Crippen LogP contribution < -0.4 is 11.2 Å². The number of hydrogen-bond donors (Lipinski definition) is 1. The van der Waals surface area contributed by atoms with E-state index >= 15 is 0 Å². The number of aromatic hydroxyl groups is 1. The van der Waals surface area contributed by atoms with Gasteiger partial charge in [-0.15, -0.1) is 11.8 Å². The molecule has 0 atom stereocenters. The molecule has 0 saturated heterocycles. The molecule has 8 heteroatoms. The zero-order chi connectivity index (χ0) is 17.1. The van der Waals surface area contributed by atoms with Gasteiger partial charge in [-0.2, -0.15) is 0 Å². The fourth-order valence-electron chi connectivity index (χ4n) is 2.00. The van der Waals surface area contributed by atoms with Crippen LogP contribution in [0, 0.1) is 0 Å². The van der Waals surface area contributed by atoms with Crippen molar-refractivity contribution in [1.29, 1.82) is 0 Å². The summed E-state index contributed by atoms with van der Waals surface area (Å²) >= 11 is 7.15. The van der Waals surface area contributed by atoms with Gasteiger partial charge < -0.3 is 5.11 Å². The number of thioether (sulfide) groups is 1. The molecule has 1 N–H and O–H groups in total. The van der Waals surface area contributed by atoms with Crippen LogP contribution in [-0.4, -0.2) is 26.3 Å². The summed E-state index contributed by atoms with van der Waals surface area (Å²) in [6, 6.07) is 7.31. The molecule has 2 rings (SSSR count). The van der Waals surface area contributed by atoms with Crippen molar-refractivity contribution in [2.24, 2.45) is 19.1 Å². The van der Waals surface area contributed by atoms with Crippen molar-refractivity contribution in [2.75, 3.05) is 7.05 Å². The van der Waals surface area contributed by atoms with E-state index in [1.165, 1.54) is 32.9 Å². The summed E-state index contributed by atoms with van der Waals surface area (Å²) in [7, 11) is 4.30. The second-order valence-electron chi connectivity index (χ2n) is 4.85. The van der Waals surface area contributed by atoms with Crippen molar-refractivity contribution in [3.8, 4) is 5.88 Å². The maximum atomic E-state index is 12.3. The van der Waals surface area contributed by atoms with Crippen LogP contribution in [-0.2, 0) is 19.8 Å². The van der Waals surface area contributed by atoms with E-state index in [2.05, 4.69) is 4.99 Å². The molecule has 0 spiro atoms. The molecule has 1 aromatic carbocycles. The fourth-order valence-corrected chi connectivity index (χ4v) is 3.08. The van der Waals surface area contributed by atoms with Gasteiger partial charge in [0.15, 0.2) is 0 Å². The van der Waals surface area contributed by atoms with Crippen LogP contribution in [0.3, 0.4) is 0 Å². The van der Waals surface area contributed by atoms with Gasteiger partial charge in [0.1, 0.15) is 10.6 Å². The van der Waals surface area contributed by atoms with E-state index in [4.69, 9.17) is 11.6 Å². The molecule has 0 radical (unpaired) electrons. The molecule has 0 aliphatic rings. The summed E-state index contributed by atoms with van der Waals surface area (Å²) in [6.07, 6.45) is 0. The van der Waals surface area contributed by atoms with Crippen molar-refractivity contribution in [2.45, 2.75) is 5.75 Å². The van der Waals surface area contributed by atoms with Crippen molar-refractivity contribution >= 4 is 28.4 Å². The maximum absolute atomic E-state index is 12.3. The van der Waals surface area contributed by atoms with Gasteiger partial charge in [0, 0.05) is 31.9 Å². The standard InChI is InChI=1S/C15H16ClN3O3S/c1-17-12(23-8-9-4-6-10(16)7-5-9)11-13(20)18(2)15(22)19(3)14(11)21/h4-7,20H,8H2,1-3H3. The van der Waals surface area contributed by atoms with E-state index in [0.717, 1.165) is 14.7 Å². The number of rotatable bonds is 3. The Hall–Kier alpha value is -1.99. The zero-order valence-corrected chi connectivity index (χ0v) is 14.5. The number of hydrogen-bond acceptors (Lipinski definition) is 5. The molecule has 0 aliphatic carbocycles. The van der Waals surface area contributed by atoms with Crippen LogP contribution in [0.25, 0.3) is 0 Å². The summed E-state index contributed by atoms with van der Waals surface area (Å²) in [5.41, 5.74) is -0.137. The highest BCUT2D eigenvalue weighted by atomic mass is 35.5. The van der Waals surface area contributed by atoms with Crippen LogP contribution in [0.5, 0.6) is 5.88 Å². The largest absolute Gasteiger partial charge is 0.494 e. The Bertz CT molecular complexity index is 869. The normalized spacial score (nSPS) is 11.7. The highest BCUT2D eigenvalue weighted by molar-refractivity contribution is 8.13. The molecule has 0 unspecified atom stereocenters. The van der Waals surface area contributed by atoms with Crippen molar-refractivity contribution in [1.82, 2.24) is 9.13 Å². The van der Waals surface area contributed by atoms with E-state index in [0.29, 0.717) is 15.8 Å². The number of halogens is 1. The highest BCUT2D eigenvalue weighted by Crippen LogP contribution is 2.22. The van der Waals surface area contributed by atoms with Crippen LogP contribution in [0.1, 0.15) is 11.1 Å². The first kappa shape index (κ1) is 17.4. The lowest BCUT2D eigenvalue weighted by atomic mass is 10.2. The Morgan fingerprint density at radius 1 is 1.22 bits per heavy atom. The summed E-state index contributed by atoms with van der Waals surface area (Å²) in [6.45, 7) is 0. The Labute approximate surface area is 142 Å². The van der Waals surface area contributed by atoms with Crippen molar-refractivity contribution in [3.05, 3.63) is 61.3 Å². The third-order valence-corrected chi connectivity index (χ3v) is 4.73. The van der Waals surface area contributed by atoms with Gasteiger partial charge in [0.2, 0.25) is 5.88 Å². The second-order valence-corrected chi connectivity index (χ2v) is 6.25. The SMILES string of the molecule is CN=C(SCc1ccc(Cl)cc1)c1c(O)n(C)c(=O)n(C)c1=O. The van der Waals surface area contributed by atoms with Crippen LogP contribution >= 0.6 is 23.4 Å². The molecule has 122 valence electrons. The van der Waals surface area contributed by atoms with Gasteiger partial charge in [0.25, 0.3) is 5.56 Å². The zero-order valence-electron chi connectivity index (χ0n) is 12.9. The lowest BCUT2D eigenvalue weighted by molar-refractivity contribution is 0.410. The molecule has 0 amide bonds. The molecular formula is C15H16ClN3O3S. The molecule has 2 aromatic rings. The summed E-state index contributed by atoms with van der Waals surface area (Å²) in [4.78, 5) is 28.2. The minimum Gasteiger partial charge on any atom is -0.494 e. The van der Waals surface area contributed by atoms with Crippen LogP contribution in [0.2, 0.25) is 5.02 Å². The van der Waals surface area contributed by atoms with E-state index in [-0.39, 0.29) is 11.4 Å². The Morgan fingerprint density at radius 3 is 2.39 bits per heavy atom. The lowest BCUT2D eigenvalue weighted by Crippen LogP contribution is -2.39. The van der Waals surface area contributed by atoms with Gasteiger partial charge in [-0.05, 0) is 17.7 Å². The summed E-state index contributed by atoms with van der Waals surface area (Å²) < 4.78 is 1.97. The van der Waals surface area contributed by atoms with Crippen molar-refractivity contribution in [3.63, 3.8) is 0 Å². The predicted molar refractivity (Wildman–Crippen MR) is 93.8 cm³/mol. The summed E-state index contributed by atoms with van der Waals surface area (Å²) in [5, 5.41) is 11.2. The highest BCUT2D eigenvalue weighted by Gasteiger charge is 2.20. The molecule has 0 fully saturated rings. The van der Waals surface area contributed by atoms with Gasteiger partial charge in [-0.3, -0.25) is 18.9 Å². The summed E-state index contributed by atoms with van der Waals surface area (Å²) in [5.74, 6) is 0.164. The van der Waals surface area contributed by atoms with E-state index in [1.54, 1.807) is 12.1 Å². The maximum Gasteiger partial charge on any atom is 0.333 e. The number of nitrogens with zero attached hydrogens (tertiary/aromatic N) is 3. The topological polar surface area (TPSA) is 76.6 Å². The van der Waals surface area contributed by atoms with Crippen LogP contribution in [0.4, 0.5) is 0 Å².